The molecule has 0 unspecified atom stereocenters. The Balaban J connectivity index is 2.36. The van der Waals surface area contributed by atoms with Gasteiger partial charge in [-0.1, -0.05) is 48.5 Å². The second-order valence-electron chi connectivity index (χ2n) is 14.8. The van der Waals surface area contributed by atoms with Crippen molar-refractivity contribution in [1.29, 1.82) is 0 Å². The molecule has 1 aromatic rings. The summed E-state index contributed by atoms with van der Waals surface area (Å²) in [5.41, 5.74) is 6.69. The number of sulfonamides is 1. The third-order valence-corrected chi connectivity index (χ3v) is 11.5. The molecule has 1 aromatic carbocycles. The Morgan fingerprint density at radius 1 is 0.981 bits per heavy atom. The van der Waals surface area contributed by atoms with Crippen LogP contribution >= 0.6 is 0 Å². The van der Waals surface area contributed by atoms with Gasteiger partial charge in [0.2, 0.25) is 17.7 Å². The Morgan fingerprint density at radius 2 is 1.58 bits per heavy atom. The lowest BCUT2D eigenvalue weighted by molar-refractivity contribution is -0.427. The highest BCUT2D eigenvalue weighted by atomic mass is 32.2. The number of nitrogens with zero attached hydrogens (tertiary/aromatic N) is 3. The highest BCUT2D eigenvalue weighted by Crippen LogP contribution is 2.28. The van der Waals surface area contributed by atoms with Crippen LogP contribution in [0.15, 0.2) is 29.2 Å². The molecule has 14 nitrogen and oxygen atoms in total. The molecule has 1 saturated heterocycles. The molecule has 7 atom stereocenters. The van der Waals surface area contributed by atoms with Gasteiger partial charge in [-0.2, -0.15) is 4.58 Å². The number of likely N-dealkylation sites (N-methyl/N-ethyl adjacent to an activating group) is 2. The lowest BCUT2D eigenvalue weighted by Crippen LogP contribution is -2.56. The van der Waals surface area contributed by atoms with E-state index in [2.05, 4.69) is 10.0 Å². The van der Waals surface area contributed by atoms with Gasteiger partial charge in [0.25, 0.3) is 10.0 Å². The molecule has 0 aliphatic carbocycles. The van der Waals surface area contributed by atoms with Crippen molar-refractivity contribution in [2.45, 2.75) is 109 Å². The maximum atomic E-state index is 14.2. The third-order valence-electron chi connectivity index (χ3n) is 10.1. The van der Waals surface area contributed by atoms with Crippen LogP contribution in [0.2, 0.25) is 0 Å². The molecule has 1 aliphatic rings. The van der Waals surface area contributed by atoms with Gasteiger partial charge in [0.05, 0.1) is 35.4 Å². The van der Waals surface area contributed by atoms with Gasteiger partial charge >= 0.3 is 5.91 Å². The van der Waals surface area contributed by atoms with Gasteiger partial charge in [-0.25, -0.2) is 17.9 Å². The highest BCUT2D eigenvalue weighted by molar-refractivity contribution is 7.90. The van der Waals surface area contributed by atoms with Gasteiger partial charge in [-0.15, -0.1) is 0 Å². The number of nitrogen functional groups attached to an aromatic ring is 1. The summed E-state index contributed by atoms with van der Waals surface area (Å²) in [7, 11) is 4.09. The normalized spacial score (nSPS) is 19.1. The van der Waals surface area contributed by atoms with Crippen molar-refractivity contribution < 1.29 is 41.6 Å². The van der Waals surface area contributed by atoms with Crippen molar-refractivity contribution in [3.05, 3.63) is 24.3 Å². The first-order chi connectivity index (χ1) is 24.2. The van der Waals surface area contributed by atoms with Crippen molar-refractivity contribution in [2.75, 3.05) is 47.6 Å². The molecule has 2 rings (SSSR count). The Bertz CT molecular complexity index is 1520. The van der Waals surface area contributed by atoms with Crippen molar-refractivity contribution in [2.24, 2.45) is 23.7 Å². The second kappa shape index (κ2) is 19.6. The van der Waals surface area contributed by atoms with Gasteiger partial charge in [0.1, 0.15) is 13.2 Å². The minimum Gasteiger partial charge on any atom is -0.399 e. The highest BCUT2D eigenvalue weighted by Gasteiger charge is 2.43. The average molecular weight is 752 g/mol. The number of anilines is 1. The molecular weight excluding hydrogens is 689 g/mol. The minimum atomic E-state index is -4.17. The maximum Gasteiger partial charge on any atom is 0.409 e. The van der Waals surface area contributed by atoms with Crippen LogP contribution in [0.3, 0.4) is 0 Å². The second-order valence-corrected chi connectivity index (χ2v) is 16.4. The van der Waals surface area contributed by atoms with E-state index in [1.807, 2.05) is 60.5 Å². The van der Waals surface area contributed by atoms with E-state index >= 15 is 0 Å². The van der Waals surface area contributed by atoms with E-state index in [0.717, 1.165) is 0 Å². The van der Waals surface area contributed by atoms with E-state index in [1.54, 1.807) is 18.9 Å². The SMILES string of the molecule is CC[C@H](C)C([C@@H](CC(=O)N1CCC[C@H]1[C@H](OC)[C@@H](C)C(=O)NS(=O)(=O)c1ccc(N)cc1)OC)=[N+](C)C(=O)[C@@H](NC(=O)[C@H](C(C)C)N(C)C)C(C)C. The molecule has 294 valence electrons. The third kappa shape index (κ3) is 11.1. The van der Waals surface area contributed by atoms with Crippen LogP contribution < -0.4 is 15.8 Å². The Labute approximate surface area is 310 Å². The molecule has 0 spiro atoms. The summed E-state index contributed by atoms with van der Waals surface area (Å²) >= 11 is 0. The summed E-state index contributed by atoms with van der Waals surface area (Å²) in [5.74, 6) is -2.82. The largest absolute Gasteiger partial charge is 0.409 e. The fourth-order valence-electron chi connectivity index (χ4n) is 7.10. The first-order valence-corrected chi connectivity index (χ1v) is 19.6. The molecule has 1 fully saturated rings. The fraction of sp³-hybridized carbons (Fsp3) is 0.703. The number of hydrogen-bond donors (Lipinski definition) is 3. The van der Waals surface area contributed by atoms with E-state index in [4.69, 9.17) is 15.2 Å². The van der Waals surface area contributed by atoms with E-state index in [0.29, 0.717) is 37.2 Å². The smallest absolute Gasteiger partial charge is 0.399 e. The lowest BCUT2D eigenvalue weighted by atomic mass is 9.93. The zero-order chi connectivity index (χ0) is 39.7. The van der Waals surface area contributed by atoms with Crippen LogP contribution in [0.4, 0.5) is 5.69 Å². The Morgan fingerprint density at radius 3 is 2.06 bits per heavy atom. The van der Waals surface area contributed by atoms with Crippen molar-refractivity contribution >= 4 is 45.1 Å². The number of nitrogens with one attached hydrogen (secondary N) is 2. The predicted octanol–water partition coefficient (Wildman–Crippen LogP) is 2.50. The number of nitrogens with two attached hydrogens (primary N) is 1. The molecule has 0 radical (unpaired) electrons. The number of hydrogen-bond acceptors (Lipinski definition) is 10. The number of ether oxygens (including phenoxy) is 2. The summed E-state index contributed by atoms with van der Waals surface area (Å²) in [6.45, 7) is 13.6. The van der Waals surface area contributed by atoms with Crippen LogP contribution in [-0.2, 0) is 38.7 Å². The number of rotatable bonds is 18. The number of methoxy groups -OCH3 is 2. The molecule has 0 saturated carbocycles. The maximum absolute atomic E-state index is 14.2. The van der Waals surface area contributed by atoms with Crippen molar-refractivity contribution in [1.82, 2.24) is 19.8 Å². The zero-order valence-electron chi connectivity index (χ0n) is 33.1. The monoisotopic (exact) mass is 751 g/mol. The van der Waals surface area contributed by atoms with Crippen LogP contribution in [0, 0.1) is 23.7 Å². The molecule has 52 heavy (non-hydrogen) atoms. The first kappa shape index (κ1) is 44.8. The topological polar surface area (TPSA) is 180 Å². The van der Waals surface area contributed by atoms with Crippen molar-refractivity contribution in [3.63, 3.8) is 0 Å². The zero-order valence-corrected chi connectivity index (χ0v) is 34.0. The molecule has 4 amide bonds. The van der Waals surface area contributed by atoms with E-state index in [1.165, 1.54) is 43.1 Å². The van der Waals surface area contributed by atoms with Gasteiger partial charge in [-0.05, 0) is 69.5 Å². The van der Waals surface area contributed by atoms with Crippen molar-refractivity contribution in [3.8, 4) is 0 Å². The van der Waals surface area contributed by atoms with E-state index < -0.39 is 52.2 Å². The number of benzene rings is 1. The summed E-state index contributed by atoms with van der Waals surface area (Å²) in [4.78, 5) is 58.3. The number of likely N-dealkylation sites (tertiary alicyclic amines) is 1. The summed E-state index contributed by atoms with van der Waals surface area (Å²) in [5, 5.41) is 2.99. The van der Waals surface area contributed by atoms with Gasteiger partial charge in [0, 0.05) is 32.4 Å². The fourth-order valence-corrected chi connectivity index (χ4v) is 8.16. The predicted molar refractivity (Wildman–Crippen MR) is 201 cm³/mol. The molecule has 4 N–H and O–H groups in total. The van der Waals surface area contributed by atoms with Gasteiger partial charge in [0.15, 0.2) is 11.8 Å². The number of carbonyl (C=O) groups excluding carboxylic acids is 4. The van der Waals surface area contributed by atoms with Crippen LogP contribution in [0.5, 0.6) is 0 Å². The van der Waals surface area contributed by atoms with Gasteiger partial charge < -0.3 is 25.4 Å². The number of carbonyl (C=O) groups is 4. The standard InChI is InChI=1S/C37H62N6O8S/c1-13-24(6)33(42(10)37(47)31(22(2)3)39-36(46)32(23(4)5)41(8)9)29(50-11)21-30(44)43-20-14-15-28(43)34(51-12)25(7)35(45)40-52(48,49)27-18-16-26(38)17-19-27/h16-19,22-25,28-29,31-32,34H,13-15,20-21,38H2,1-12H3,(H-,39,40,45,46)/p+1/t24-,25+,28-,29+,31-,32-,34+/m0/s1. The minimum absolute atomic E-state index is 0.0221. The quantitative estimate of drug-likeness (QED) is 0.115. The van der Waals surface area contributed by atoms with Crippen LogP contribution in [0.1, 0.15) is 74.1 Å². The summed E-state index contributed by atoms with van der Waals surface area (Å²) in [6.07, 6.45) is 0.222. The van der Waals surface area contributed by atoms with Crippen LogP contribution in [-0.4, -0.2) is 124 Å². The molecule has 1 heterocycles. The Hall–Kier alpha value is -3.40. The molecule has 1 aliphatic heterocycles. The molecule has 0 bridgehead atoms. The van der Waals surface area contributed by atoms with E-state index in [-0.39, 0.29) is 46.8 Å². The van der Waals surface area contributed by atoms with E-state index in [9.17, 15) is 27.6 Å². The summed E-state index contributed by atoms with van der Waals surface area (Å²) in [6, 6.07) is 3.75. The first-order valence-electron chi connectivity index (χ1n) is 18.1. The molecule has 0 aromatic heterocycles. The average Bonchev–Trinajstić information content (AvgIpc) is 3.55. The van der Waals surface area contributed by atoms with Gasteiger partial charge in [-0.3, -0.25) is 19.3 Å². The number of amides is 4. The molecule has 15 heteroatoms. The van der Waals surface area contributed by atoms with Crippen LogP contribution in [0.25, 0.3) is 0 Å². The molecular formula is C37H63N6O8S+. The lowest BCUT2D eigenvalue weighted by Gasteiger charge is -2.34. The summed E-state index contributed by atoms with van der Waals surface area (Å²) < 4.78 is 41.2. The Kier molecular flexibility index (Phi) is 16.9.